The molecule has 3 atom stereocenters. The van der Waals surface area contributed by atoms with Gasteiger partial charge in [0, 0.05) is 11.5 Å². The second kappa shape index (κ2) is 7.23. The van der Waals surface area contributed by atoms with Gasteiger partial charge in [-0.3, -0.25) is 4.79 Å². The van der Waals surface area contributed by atoms with Gasteiger partial charge in [-0.05, 0) is 29.7 Å². The van der Waals surface area contributed by atoms with Crippen LogP contribution in [0.1, 0.15) is 16.8 Å². The number of benzene rings is 3. The van der Waals surface area contributed by atoms with E-state index in [1.165, 1.54) is 0 Å². The number of rotatable bonds is 4. The van der Waals surface area contributed by atoms with Crippen LogP contribution in [-0.2, 0) is 9.57 Å². The first kappa shape index (κ1) is 17.2. The van der Waals surface area contributed by atoms with Gasteiger partial charge in [0.25, 0.3) is 0 Å². The Morgan fingerprint density at radius 3 is 2.18 bits per heavy atom. The van der Waals surface area contributed by atoms with Crippen LogP contribution in [-0.4, -0.2) is 24.7 Å². The standard InChI is InChI=1S/C24H21NO3/c26-23(19-13-11-18(12-14-19)17-7-3-1-4-8-17)22-21-15-16-27-24(21)28-25(22)20-9-5-2-6-10-20/h1-14,21-22,24H,15-16H2/t21-,22+,24+/m0/s1. The van der Waals surface area contributed by atoms with E-state index in [1.807, 2.05) is 72.8 Å². The summed E-state index contributed by atoms with van der Waals surface area (Å²) in [7, 11) is 0. The summed E-state index contributed by atoms with van der Waals surface area (Å²) < 4.78 is 5.71. The van der Waals surface area contributed by atoms with Gasteiger partial charge >= 0.3 is 0 Å². The summed E-state index contributed by atoms with van der Waals surface area (Å²) in [6, 6.07) is 27.4. The van der Waals surface area contributed by atoms with Crippen molar-refractivity contribution in [1.29, 1.82) is 0 Å². The second-order valence-electron chi connectivity index (χ2n) is 7.21. The van der Waals surface area contributed by atoms with Crippen LogP contribution in [0.5, 0.6) is 0 Å². The lowest BCUT2D eigenvalue weighted by atomic mass is 9.90. The van der Waals surface area contributed by atoms with Crippen LogP contribution in [0.15, 0.2) is 84.9 Å². The highest BCUT2D eigenvalue weighted by Crippen LogP contribution is 2.40. The molecular weight excluding hydrogens is 350 g/mol. The van der Waals surface area contributed by atoms with Crippen LogP contribution in [0, 0.1) is 5.92 Å². The Bertz CT molecular complexity index is 956. The van der Waals surface area contributed by atoms with Gasteiger partial charge in [-0.2, -0.15) is 0 Å². The summed E-state index contributed by atoms with van der Waals surface area (Å²) in [6.45, 7) is 0.634. The van der Waals surface area contributed by atoms with Crippen molar-refractivity contribution in [3.05, 3.63) is 90.5 Å². The molecule has 28 heavy (non-hydrogen) atoms. The number of ketones is 1. The molecule has 0 aromatic heterocycles. The van der Waals surface area contributed by atoms with Gasteiger partial charge < -0.3 is 4.74 Å². The molecule has 2 fully saturated rings. The highest BCUT2D eigenvalue weighted by atomic mass is 16.8. The molecule has 4 heteroatoms. The number of Topliss-reactive ketones (excluding diaryl/α,β-unsaturated/α-hetero) is 1. The van der Waals surface area contributed by atoms with Crippen LogP contribution in [0.25, 0.3) is 11.1 Å². The molecule has 3 aromatic rings. The maximum Gasteiger partial charge on any atom is 0.189 e. The molecule has 0 N–H and O–H groups in total. The molecule has 0 amide bonds. The molecule has 3 aromatic carbocycles. The summed E-state index contributed by atoms with van der Waals surface area (Å²) >= 11 is 0. The smallest absolute Gasteiger partial charge is 0.189 e. The lowest BCUT2D eigenvalue weighted by molar-refractivity contribution is -0.0999. The number of hydroxylamine groups is 1. The summed E-state index contributed by atoms with van der Waals surface area (Å²) in [6.07, 6.45) is 0.477. The van der Waals surface area contributed by atoms with Gasteiger partial charge in [0.15, 0.2) is 12.1 Å². The summed E-state index contributed by atoms with van der Waals surface area (Å²) in [5.74, 6) is 0.114. The molecule has 5 rings (SSSR count). The van der Waals surface area contributed by atoms with Crippen LogP contribution in [0.3, 0.4) is 0 Å². The minimum atomic E-state index is -0.377. The van der Waals surface area contributed by atoms with Crippen molar-refractivity contribution in [3.63, 3.8) is 0 Å². The van der Waals surface area contributed by atoms with E-state index in [9.17, 15) is 4.79 Å². The van der Waals surface area contributed by atoms with E-state index >= 15 is 0 Å². The average Bonchev–Trinajstić information content (AvgIpc) is 3.36. The Hall–Kier alpha value is -2.95. The third-order valence-electron chi connectivity index (χ3n) is 5.51. The van der Waals surface area contributed by atoms with Crippen LogP contribution < -0.4 is 5.06 Å². The third kappa shape index (κ3) is 3.01. The lowest BCUT2D eigenvalue weighted by Crippen LogP contribution is -2.39. The van der Waals surface area contributed by atoms with E-state index in [2.05, 4.69) is 12.1 Å². The van der Waals surface area contributed by atoms with Crippen molar-refractivity contribution in [3.8, 4) is 11.1 Å². The molecule has 0 radical (unpaired) electrons. The Balaban J connectivity index is 1.45. The first-order valence-electron chi connectivity index (χ1n) is 9.63. The zero-order chi connectivity index (χ0) is 18.9. The monoisotopic (exact) mass is 371 g/mol. The molecule has 140 valence electrons. The highest BCUT2D eigenvalue weighted by Gasteiger charge is 2.50. The topological polar surface area (TPSA) is 38.8 Å². The van der Waals surface area contributed by atoms with E-state index in [0.29, 0.717) is 12.2 Å². The fraction of sp³-hybridized carbons (Fsp3) is 0.208. The molecule has 0 bridgehead atoms. The minimum absolute atomic E-state index is 0.0431. The van der Waals surface area contributed by atoms with Crippen LogP contribution in [0.2, 0.25) is 0 Å². The average molecular weight is 371 g/mol. The summed E-state index contributed by atoms with van der Waals surface area (Å²) in [5.41, 5.74) is 3.81. The molecular formula is C24H21NO3. The molecule has 0 saturated carbocycles. The zero-order valence-corrected chi connectivity index (χ0v) is 15.4. The molecule has 2 heterocycles. The number of carbonyl (C=O) groups excluding carboxylic acids is 1. The fourth-order valence-corrected chi connectivity index (χ4v) is 4.07. The maximum atomic E-state index is 13.4. The van der Waals surface area contributed by atoms with Gasteiger partial charge in [-0.1, -0.05) is 72.8 Å². The number of fused-ring (bicyclic) bond motifs is 1. The normalized spacial score (nSPS) is 23.6. The minimum Gasteiger partial charge on any atom is -0.350 e. The second-order valence-corrected chi connectivity index (χ2v) is 7.21. The van der Waals surface area contributed by atoms with E-state index in [-0.39, 0.29) is 24.0 Å². The van der Waals surface area contributed by atoms with Gasteiger partial charge in [0.05, 0.1) is 12.3 Å². The number of carbonyl (C=O) groups is 1. The van der Waals surface area contributed by atoms with Crippen molar-refractivity contribution < 1.29 is 14.4 Å². The first-order chi connectivity index (χ1) is 13.8. The lowest BCUT2D eigenvalue weighted by Gasteiger charge is -2.25. The Kier molecular flexibility index (Phi) is 4.43. The van der Waals surface area contributed by atoms with E-state index in [1.54, 1.807) is 5.06 Å². The predicted molar refractivity (Wildman–Crippen MR) is 108 cm³/mol. The number of hydrogen-bond donors (Lipinski definition) is 0. The Labute approximate surface area is 164 Å². The van der Waals surface area contributed by atoms with E-state index in [4.69, 9.17) is 9.57 Å². The molecule has 0 spiro atoms. The fourth-order valence-electron chi connectivity index (χ4n) is 4.07. The number of para-hydroxylation sites is 1. The molecule has 0 aliphatic carbocycles. The van der Waals surface area contributed by atoms with Crippen molar-refractivity contribution in [2.45, 2.75) is 18.8 Å². The largest absolute Gasteiger partial charge is 0.350 e. The number of hydrogen-bond acceptors (Lipinski definition) is 4. The van der Waals surface area contributed by atoms with Gasteiger partial charge in [-0.15, -0.1) is 0 Å². The predicted octanol–water partition coefficient (Wildman–Crippen LogP) is 4.72. The van der Waals surface area contributed by atoms with E-state index < -0.39 is 0 Å². The quantitative estimate of drug-likeness (QED) is 0.622. The molecule has 2 saturated heterocycles. The number of nitrogens with zero attached hydrogens (tertiary/aromatic N) is 1. The highest BCUT2D eigenvalue weighted by molar-refractivity contribution is 6.02. The number of ether oxygens (including phenoxy) is 1. The summed E-state index contributed by atoms with van der Waals surface area (Å²) in [5, 5.41) is 1.74. The Morgan fingerprint density at radius 1 is 0.821 bits per heavy atom. The van der Waals surface area contributed by atoms with Gasteiger partial charge in [0.2, 0.25) is 0 Å². The third-order valence-corrected chi connectivity index (χ3v) is 5.51. The van der Waals surface area contributed by atoms with Crippen molar-refractivity contribution in [2.24, 2.45) is 5.92 Å². The van der Waals surface area contributed by atoms with Crippen molar-refractivity contribution in [2.75, 3.05) is 11.7 Å². The Morgan fingerprint density at radius 2 is 1.46 bits per heavy atom. The molecule has 0 unspecified atom stereocenters. The van der Waals surface area contributed by atoms with Crippen LogP contribution in [0.4, 0.5) is 5.69 Å². The van der Waals surface area contributed by atoms with Crippen molar-refractivity contribution in [1.82, 2.24) is 0 Å². The SMILES string of the molecule is O=C(c1ccc(-c2ccccc2)cc1)[C@H]1[C@@H]2CCO[C@@H]2ON1c1ccccc1. The zero-order valence-electron chi connectivity index (χ0n) is 15.4. The van der Waals surface area contributed by atoms with Gasteiger partial charge in [0.1, 0.15) is 6.04 Å². The van der Waals surface area contributed by atoms with Gasteiger partial charge in [-0.25, -0.2) is 9.90 Å². The number of anilines is 1. The molecule has 2 aliphatic heterocycles. The molecule has 4 nitrogen and oxygen atoms in total. The van der Waals surface area contributed by atoms with Crippen LogP contribution >= 0.6 is 0 Å². The maximum absolute atomic E-state index is 13.4. The van der Waals surface area contributed by atoms with Crippen molar-refractivity contribution >= 4 is 11.5 Å². The molecule has 2 aliphatic rings. The van der Waals surface area contributed by atoms with E-state index in [0.717, 1.165) is 23.2 Å². The summed E-state index contributed by atoms with van der Waals surface area (Å²) in [4.78, 5) is 19.5. The first-order valence-corrected chi connectivity index (χ1v) is 9.63.